The Morgan fingerprint density at radius 2 is 1.33 bits per heavy atom. The lowest BCUT2D eigenvalue weighted by Crippen LogP contribution is -2.30. The Bertz CT molecular complexity index is 630. The molecule has 1 fully saturated rings. The standard InChI is InChI=1S/C23H40N2O2/c1-19-21(3)25(27)22(20(2)23(19)26)15-11-8-6-4-5-7-9-12-16-24-17-13-10-14-18-24/h27H,4-18H2,1-3H3. The maximum Gasteiger partial charge on any atom is 0.188 e. The van der Waals surface area contributed by atoms with Gasteiger partial charge in [0.15, 0.2) is 5.43 Å². The number of aromatic nitrogens is 1. The molecule has 0 atom stereocenters. The van der Waals surface area contributed by atoms with Gasteiger partial charge in [0.2, 0.25) is 0 Å². The van der Waals surface area contributed by atoms with E-state index in [1.807, 2.05) is 13.8 Å². The molecule has 4 heteroatoms. The van der Waals surface area contributed by atoms with Gasteiger partial charge in [0.05, 0.1) is 11.4 Å². The monoisotopic (exact) mass is 376 g/mol. The summed E-state index contributed by atoms with van der Waals surface area (Å²) in [7, 11) is 0. The van der Waals surface area contributed by atoms with Crippen molar-refractivity contribution in [2.24, 2.45) is 0 Å². The third-order valence-electron chi connectivity index (χ3n) is 6.32. The molecular formula is C23H40N2O2. The van der Waals surface area contributed by atoms with Gasteiger partial charge in [-0.2, -0.15) is 4.73 Å². The van der Waals surface area contributed by atoms with E-state index in [4.69, 9.17) is 0 Å². The van der Waals surface area contributed by atoms with Crippen LogP contribution in [0.25, 0.3) is 0 Å². The van der Waals surface area contributed by atoms with Gasteiger partial charge >= 0.3 is 0 Å². The third-order valence-corrected chi connectivity index (χ3v) is 6.32. The Morgan fingerprint density at radius 1 is 0.778 bits per heavy atom. The zero-order valence-corrected chi connectivity index (χ0v) is 17.9. The molecule has 1 aromatic rings. The summed E-state index contributed by atoms with van der Waals surface area (Å²) in [4.78, 5) is 14.8. The van der Waals surface area contributed by atoms with Crippen molar-refractivity contribution < 1.29 is 5.21 Å². The lowest BCUT2D eigenvalue weighted by atomic mass is 10.0. The molecule has 0 radical (unpaired) electrons. The number of piperidine rings is 1. The van der Waals surface area contributed by atoms with E-state index in [9.17, 15) is 10.0 Å². The van der Waals surface area contributed by atoms with Gasteiger partial charge in [0, 0.05) is 11.1 Å². The maximum absolute atomic E-state index is 12.2. The van der Waals surface area contributed by atoms with E-state index in [0.717, 1.165) is 18.5 Å². The van der Waals surface area contributed by atoms with Crippen LogP contribution in [0.4, 0.5) is 0 Å². The lowest BCUT2D eigenvalue weighted by Gasteiger charge is -2.26. The number of pyridine rings is 1. The molecule has 27 heavy (non-hydrogen) atoms. The van der Waals surface area contributed by atoms with Gasteiger partial charge in [-0.05, 0) is 72.5 Å². The summed E-state index contributed by atoms with van der Waals surface area (Å²) in [5, 5.41) is 10.3. The average Bonchev–Trinajstić information content (AvgIpc) is 2.69. The summed E-state index contributed by atoms with van der Waals surface area (Å²) < 4.78 is 1.23. The van der Waals surface area contributed by atoms with Gasteiger partial charge in [-0.3, -0.25) is 4.79 Å². The summed E-state index contributed by atoms with van der Waals surface area (Å²) in [5.41, 5.74) is 2.90. The molecule has 0 aromatic carbocycles. The van der Waals surface area contributed by atoms with Gasteiger partial charge in [0.25, 0.3) is 0 Å². The number of rotatable bonds is 11. The molecule has 2 rings (SSSR count). The molecular weight excluding hydrogens is 336 g/mol. The minimum atomic E-state index is 0.0809. The SMILES string of the molecule is Cc1c(C)n(O)c(CCCCCCCCCCN2CCCCC2)c(C)c1=O. The largest absolute Gasteiger partial charge is 0.428 e. The fourth-order valence-corrected chi connectivity index (χ4v) is 4.26. The van der Waals surface area contributed by atoms with Gasteiger partial charge in [0.1, 0.15) is 0 Å². The normalized spacial score (nSPS) is 15.4. The molecule has 0 amide bonds. The molecule has 1 saturated heterocycles. The molecule has 0 saturated carbocycles. The molecule has 2 heterocycles. The summed E-state index contributed by atoms with van der Waals surface area (Å²) in [6.07, 6.45) is 15.2. The number of likely N-dealkylation sites (tertiary alicyclic amines) is 1. The van der Waals surface area contributed by atoms with E-state index in [1.165, 1.54) is 88.6 Å². The fraction of sp³-hybridized carbons (Fsp3) is 0.783. The van der Waals surface area contributed by atoms with Gasteiger partial charge in [-0.25, -0.2) is 0 Å². The first-order chi connectivity index (χ1) is 13.0. The molecule has 1 aliphatic rings. The van der Waals surface area contributed by atoms with E-state index in [2.05, 4.69) is 4.90 Å². The first kappa shape index (κ1) is 22.0. The van der Waals surface area contributed by atoms with Crippen molar-refractivity contribution in [1.29, 1.82) is 0 Å². The number of unbranched alkanes of at least 4 members (excludes halogenated alkanes) is 7. The van der Waals surface area contributed by atoms with Crippen LogP contribution in [0.2, 0.25) is 0 Å². The molecule has 1 N–H and O–H groups in total. The van der Waals surface area contributed by atoms with Gasteiger partial charge < -0.3 is 10.1 Å². The predicted octanol–water partition coefficient (Wildman–Crippen LogP) is 5.16. The Morgan fingerprint density at radius 3 is 1.96 bits per heavy atom. The Balaban J connectivity index is 1.53. The number of hydrogen-bond acceptors (Lipinski definition) is 3. The minimum absolute atomic E-state index is 0.0809. The predicted molar refractivity (Wildman–Crippen MR) is 113 cm³/mol. The summed E-state index contributed by atoms with van der Waals surface area (Å²) in [6.45, 7) is 9.38. The van der Waals surface area contributed by atoms with Crippen molar-refractivity contribution in [1.82, 2.24) is 9.63 Å². The van der Waals surface area contributed by atoms with Crippen LogP contribution in [0.1, 0.15) is 93.1 Å². The number of hydrogen-bond donors (Lipinski definition) is 1. The van der Waals surface area contributed by atoms with E-state index in [0.29, 0.717) is 16.8 Å². The van der Waals surface area contributed by atoms with E-state index >= 15 is 0 Å². The summed E-state index contributed by atoms with van der Waals surface area (Å²) in [6, 6.07) is 0. The minimum Gasteiger partial charge on any atom is -0.428 e. The second-order valence-electron chi connectivity index (χ2n) is 8.40. The van der Waals surface area contributed by atoms with E-state index in [-0.39, 0.29) is 5.43 Å². The molecule has 0 bridgehead atoms. The maximum atomic E-state index is 12.2. The average molecular weight is 377 g/mol. The van der Waals surface area contributed by atoms with Crippen LogP contribution in [0.15, 0.2) is 4.79 Å². The van der Waals surface area contributed by atoms with Crippen LogP contribution in [0.3, 0.4) is 0 Å². The van der Waals surface area contributed by atoms with Crippen LogP contribution in [-0.2, 0) is 6.42 Å². The second-order valence-corrected chi connectivity index (χ2v) is 8.40. The van der Waals surface area contributed by atoms with Gasteiger partial charge in [-0.1, -0.05) is 44.9 Å². The highest BCUT2D eigenvalue weighted by Gasteiger charge is 2.13. The first-order valence-electron chi connectivity index (χ1n) is 11.2. The van der Waals surface area contributed by atoms with Crippen molar-refractivity contribution in [3.63, 3.8) is 0 Å². The zero-order valence-electron chi connectivity index (χ0n) is 17.9. The van der Waals surface area contributed by atoms with Crippen molar-refractivity contribution >= 4 is 0 Å². The highest BCUT2D eigenvalue weighted by Crippen LogP contribution is 2.15. The Hall–Kier alpha value is -1.29. The topological polar surface area (TPSA) is 45.5 Å². The summed E-state index contributed by atoms with van der Waals surface area (Å²) >= 11 is 0. The van der Waals surface area contributed by atoms with Crippen LogP contribution >= 0.6 is 0 Å². The fourth-order valence-electron chi connectivity index (χ4n) is 4.26. The van der Waals surface area contributed by atoms with Crippen LogP contribution in [-0.4, -0.2) is 34.5 Å². The third kappa shape index (κ3) is 6.67. The van der Waals surface area contributed by atoms with Crippen molar-refractivity contribution in [2.45, 2.75) is 97.8 Å². The molecule has 4 nitrogen and oxygen atoms in total. The molecule has 0 unspecified atom stereocenters. The highest BCUT2D eigenvalue weighted by atomic mass is 16.5. The van der Waals surface area contributed by atoms with Crippen LogP contribution < -0.4 is 5.43 Å². The van der Waals surface area contributed by atoms with Crippen molar-refractivity contribution in [2.75, 3.05) is 19.6 Å². The molecule has 1 aliphatic heterocycles. The second kappa shape index (κ2) is 11.5. The smallest absolute Gasteiger partial charge is 0.188 e. The van der Waals surface area contributed by atoms with Gasteiger partial charge in [-0.15, -0.1) is 0 Å². The van der Waals surface area contributed by atoms with Crippen LogP contribution in [0.5, 0.6) is 0 Å². The lowest BCUT2D eigenvalue weighted by molar-refractivity contribution is 0.165. The molecule has 0 aliphatic carbocycles. The molecule has 1 aromatic heterocycles. The first-order valence-corrected chi connectivity index (χ1v) is 11.2. The quantitative estimate of drug-likeness (QED) is 0.428. The zero-order chi connectivity index (χ0) is 19.6. The molecule has 0 spiro atoms. The van der Waals surface area contributed by atoms with E-state index in [1.54, 1.807) is 6.92 Å². The van der Waals surface area contributed by atoms with Crippen LogP contribution in [0, 0.1) is 20.8 Å². The Kier molecular flexibility index (Phi) is 9.40. The molecule has 154 valence electrons. The number of nitrogens with zero attached hydrogens (tertiary/aromatic N) is 2. The van der Waals surface area contributed by atoms with Crippen molar-refractivity contribution in [3.8, 4) is 0 Å². The highest BCUT2D eigenvalue weighted by molar-refractivity contribution is 5.29. The van der Waals surface area contributed by atoms with E-state index < -0.39 is 0 Å². The van der Waals surface area contributed by atoms with Crippen molar-refractivity contribution in [3.05, 3.63) is 32.7 Å². The summed E-state index contributed by atoms with van der Waals surface area (Å²) in [5.74, 6) is 0. The Labute approximate surface area is 165 Å².